The standard InChI is InChI=1S/Al.Mg.Mn.H4Si.5H/h;;;1H4;;;;;/q;+2;;;;;;2*-1. The summed E-state index contributed by atoms with van der Waals surface area (Å²) in [4.78, 5) is 0. The van der Waals surface area contributed by atoms with Crippen LogP contribution in [0.15, 0.2) is 0 Å². The van der Waals surface area contributed by atoms with E-state index in [0.29, 0.717) is 0 Å². The van der Waals surface area contributed by atoms with Gasteiger partial charge in [-0.1, -0.05) is 0 Å². The van der Waals surface area contributed by atoms with Crippen molar-refractivity contribution >= 4 is 51.4 Å². The van der Waals surface area contributed by atoms with Crippen LogP contribution in [0, 0.1) is 0 Å². The fourth-order valence-electron chi connectivity index (χ4n) is 0. The summed E-state index contributed by atoms with van der Waals surface area (Å²) in [6, 6.07) is 0. The molecule has 25 valence electrons. The Bertz CT molecular complexity index is 13.5. The van der Waals surface area contributed by atoms with Crippen molar-refractivity contribution in [1.82, 2.24) is 0 Å². The summed E-state index contributed by atoms with van der Waals surface area (Å²) in [5.74, 6) is 0. The molecule has 0 aromatic heterocycles. The van der Waals surface area contributed by atoms with Crippen LogP contribution in [0.2, 0.25) is 0 Å². The predicted octanol–water partition coefficient (Wildman–Crippen LogP) is -2.79. The van der Waals surface area contributed by atoms with E-state index in [2.05, 4.69) is 0 Å². The van der Waals surface area contributed by atoms with E-state index in [0.717, 1.165) is 0 Å². The van der Waals surface area contributed by atoms with Crippen LogP contribution in [0.3, 0.4) is 0 Å². The van der Waals surface area contributed by atoms with Crippen molar-refractivity contribution in [3.05, 3.63) is 0 Å². The molecule has 0 saturated heterocycles. The largest absolute Gasteiger partial charge is 2.00 e. The van der Waals surface area contributed by atoms with Crippen molar-refractivity contribution < 1.29 is 19.9 Å². The third-order valence-electron chi connectivity index (χ3n) is 0. The van der Waals surface area contributed by atoms with Gasteiger partial charge in [0.1, 0.15) is 0 Å². The SMILES string of the molecule is [AlH3].[H-].[H-].[Mg+2].[Mn].[SiH4]. The van der Waals surface area contributed by atoms with Crippen molar-refractivity contribution in [3.8, 4) is 0 Å². The molecule has 0 aliphatic heterocycles. The first-order chi connectivity index (χ1) is 0. The van der Waals surface area contributed by atoms with Crippen LogP contribution >= 0.6 is 0 Å². The molecule has 0 N–H and O–H groups in total. The van der Waals surface area contributed by atoms with Gasteiger partial charge >= 0.3 is 23.1 Å². The molecule has 0 aromatic rings. The van der Waals surface area contributed by atoms with Gasteiger partial charge in [-0.05, 0) is 11.0 Å². The summed E-state index contributed by atoms with van der Waals surface area (Å²) in [6.07, 6.45) is 0. The molecular weight excluding hydrogens is 134 g/mol. The molecule has 0 heterocycles. The minimum Gasteiger partial charge on any atom is -1.00 e. The zero-order valence-electron chi connectivity index (χ0n) is 3.09. The molecule has 0 amide bonds. The number of hydrogen-bond acceptors (Lipinski definition) is 0. The first kappa shape index (κ1) is 36.9. The average molecular weight is 143 g/mol. The molecule has 0 nitrogen and oxygen atoms in total. The van der Waals surface area contributed by atoms with Crippen molar-refractivity contribution in [2.45, 2.75) is 0 Å². The van der Waals surface area contributed by atoms with Gasteiger partial charge < -0.3 is 2.85 Å². The topological polar surface area (TPSA) is 0 Å². The van der Waals surface area contributed by atoms with E-state index in [9.17, 15) is 0 Å². The van der Waals surface area contributed by atoms with Gasteiger partial charge in [0.2, 0.25) is 0 Å². The second-order valence-corrected chi connectivity index (χ2v) is 0. The fourth-order valence-corrected chi connectivity index (χ4v) is 0. The fraction of sp³-hybridized carbons (Fsp3) is 0. The van der Waals surface area contributed by atoms with Crippen LogP contribution in [0.1, 0.15) is 2.85 Å². The first-order valence-electron chi connectivity index (χ1n) is 0. The Morgan fingerprint density at radius 3 is 1.25 bits per heavy atom. The van der Waals surface area contributed by atoms with Crippen LogP contribution in [-0.2, 0) is 17.1 Å². The molecule has 0 aliphatic rings. The summed E-state index contributed by atoms with van der Waals surface area (Å²) >= 11 is 0. The summed E-state index contributed by atoms with van der Waals surface area (Å²) in [7, 11) is 0. The maximum atomic E-state index is 0. The van der Waals surface area contributed by atoms with Gasteiger partial charge in [-0.2, -0.15) is 0 Å². The maximum Gasteiger partial charge on any atom is 2.00 e. The number of rotatable bonds is 0. The van der Waals surface area contributed by atoms with Gasteiger partial charge in [0.15, 0.2) is 17.4 Å². The Balaban J connectivity index is 0. The van der Waals surface area contributed by atoms with Gasteiger partial charge in [-0.15, -0.1) is 0 Å². The Hall–Kier alpha value is 2.04. The van der Waals surface area contributed by atoms with E-state index >= 15 is 0 Å². The molecule has 0 spiro atoms. The van der Waals surface area contributed by atoms with Crippen LogP contribution in [0.25, 0.3) is 0 Å². The van der Waals surface area contributed by atoms with Gasteiger partial charge in [0.25, 0.3) is 0 Å². The van der Waals surface area contributed by atoms with E-state index in [-0.39, 0.29) is 71.3 Å². The van der Waals surface area contributed by atoms with Gasteiger partial charge in [0, 0.05) is 17.1 Å². The smallest absolute Gasteiger partial charge is 1.00 e. The summed E-state index contributed by atoms with van der Waals surface area (Å²) in [6.45, 7) is 0. The van der Waals surface area contributed by atoms with E-state index in [4.69, 9.17) is 0 Å². The summed E-state index contributed by atoms with van der Waals surface area (Å²) < 4.78 is 0. The van der Waals surface area contributed by atoms with Crippen molar-refractivity contribution in [2.24, 2.45) is 0 Å². The van der Waals surface area contributed by atoms with Crippen LogP contribution in [0.4, 0.5) is 0 Å². The molecule has 4 heteroatoms. The van der Waals surface area contributed by atoms with Crippen LogP contribution in [-0.4, -0.2) is 51.4 Å². The Morgan fingerprint density at radius 1 is 1.25 bits per heavy atom. The predicted molar refractivity (Wildman–Crippen MR) is 29.3 cm³/mol. The van der Waals surface area contributed by atoms with E-state index in [1.54, 1.807) is 0 Å². The Kier molecular flexibility index (Phi) is 183. The first-order valence-corrected chi connectivity index (χ1v) is 0. The normalized spacial score (nSPS) is 0. The molecule has 0 aromatic carbocycles. The summed E-state index contributed by atoms with van der Waals surface area (Å²) in [5.41, 5.74) is 0. The maximum absolute atomic E-state index is 0. The van der Waals surface area contributed by atoms with Crippen molar-refractivity contribution in [1.29, 1.82) is 0 Å². The molecule has 0 aliphatic carbocycles. The van der Waals surface area contributed by atoms with Gasteiger partial charge in [-0.3, -0.25) is 0 Å². The minimum absolute atomic E-state index is 0. The van der Waals surface area contributed by atoms with Crippen molar-refractivity contribution in [3.63, 3.8) is 0 Å². The van der Waals surface area contributed by atoms with Gasteiger partial charge in [0.05, 0.1) is 0 Å². The molecule has 1 radical (unpaired) electrons. The Morgan fingerprint density at radius 2 is 1.25 bits per heavy atom. The molecule has 0 fully saturated rings. The minimum atomic E-state index is 0. The average Bonchev–Trinajstić information content (AvgIpc) is 0. The van der Waals surface area contributed by atoms with E-state index in [1.807, 2.05) is 0 Å². The van der Waals surface area contributed by atoms with Crippen LogP contribution in [0.5, 0.6) is 0 Å². The second kappa shape index (κ2) is 19.8. The molecule has 0 bridgehead atoms. The molecule has 0 saturated carbocycles. The molecule has 0 atom stereocenters. The Labute approximate surface area is 70.9 Å². The second-order valence-electron chi connectivity index (χ2n) is 0. The molecule has 4 heavy (non-hydrogen) atoms. The monoisotopic (exact) mass is 143 g/mol. The zero-order valence-corrected chi connectivity index (χ0v) is 3.68. The molecular formula is H9AlMgMnSi. The molecule has 0 unspecified atom stereocenters. The van der Waals surface area contributed by atoms with E-state index in [1.165, 1.54) is 0 Å². The zero-order chi connectivity index (χ0) is 0. The van der Waals surface area contributed by atoms with Crippen LogP contribution < -0.4 is 0 Å². The third-order valence-corrected chi connectivity index (χ3v) is 0. The molecule has 0 rings (SSSR count). The quantitative estimate of drug-likeness (QED) is 0.322. The third kappa shape index (κ3) is 8.97. The van der Waals surface area contributed by atoms with Gasteiger partial charge in [-0.25, -0.2) is 0 Å². The van der Waals surface area contributed by atoms with E-state index < -0.39 is 0 Å². The summed E-state index contributed by atoms with van der Waals surface area (Å²) in [5, 5.41) is 0. The number of hydrogen-bond donors (Lipinski definition) is 0. The van der Waals surface area contributed by atoms with Crippen molar-refractivity contribution in [2.75, 3.05) is 0 Å².